The molecule has 8 nitrogen and oxygen atoms in total. The highest BCUT2D eigenvalue weighted by atomic mass is 32.2. The number of para-hydroxylation sites is 2. The third-order valence-corrected chi connectivity index (χ3v) is 6.00. The quantitative estimate of drug-likeness (QED) is 0.348. The molecule has 5 rings (SSSR count). The molecule has 0 unspecified atom stereocenters. The molecule has 3 aromatic heterocycles. The van der Waals surface area contributed by atoms with E-state index in [2.05, 4.69) is 44.3 Å². The molecule has 0 bridgehead atoms. The minimum absolute atomic E-state index is 0.134. The predicted octanol–water partition coefficient (Wildman–Crippen LogP) is 4.12. The van der Waals surface area contributed by atoms with Gasteiger partial charge in [-0.2, -0.15) is 0 Å². The van der Waals surface area contributed by atoms with Crippen LogP contribution in [0.3, 0.4) is 0 Å². The van der Waals surface area contributed by atoms with Crippen molar-refractivity contribution < 1.29 is 9.21 Å². The van der Waals surface area contributed by atoms with Crippen molar-refractivity contribution in [3.05, 3.63) is 59.5 Å². The van der Waals surface area contributed by atoms with Gasteiger partial charge in [0.2, 0.25) is 11.8 Å². The Hall–Kier alpha value is -3.59. The van der Waals surface area contributed by atoms with Crippen LogP contribution in [0.4, 0.5) is 0 Å². The molecule has 0 radical (unpaired) electrons. The van der Waals surface area contributed by atoms with Gasteiger partial charge < -0.3 is 19.7 Å². The Labute approximate surface area is 181 Å². The second-order valence-corrected chi connectivity index (χ2v) is 8.20. The Balaban J connectivity index is 1.19. The lowest BCUT2D eigenvalue weighted by Gasteiger charge is -2.01. The Kier molecular flexibility index (Phi) is 4.95. The Bertz CT molecular complexity index is 1370. The van der Waals surface area contributed by atoms with E-state index in [1.807, 2.05) is 42.5 Å². The van der Waals surface area contributed by atoms with Crippen LogP contribution in [0.25, 0.3) is 33.4 Å². The Morgan fingerprint density at radius 3 is 2.84 bits per heavy atom. The van der Waals surface area contributed by atoms with Crippen LogP contribution in [0.15, 0.2) is 52.1 Å². The van der Waals surface area contributed by atoms with E-state index in [1.54, 1.807) is 0 Å². The van der Waals surface area contributed by atoms with Gasteiger partial charge in [-0.25, -0.2) is 4.98 Å². The first-order valence-electron chi connectivity index (χ1n) is 9.83. The minimum Gasteiger partial charge on any atom is -0.411 e. The second kappa shape index (κ2) is 7.92. The summed E-state index contributed by atoms with van der Waals surface area (Å²) < 4.78 is 5.75. The van der Waals surface area contributed by atoms with Crippen molar-refractivity contribution >= 4 is 39.6 Å². The molecule has 0 aliphatic carbocycles. The molecule has 31 heavy (non-hydrogen) atoms. The number of nitrogens with zero attached hydrogens (tertiary/aromatic N) is 3. The number of fused-ring (bicyclic) bond motifs is 2. The average molecular weight is 433 g/mol. The van der Waals surface area contributed by atoms with Gasteiger partial charge >= 0.3 is 0 Å². The highest BCUT2D eigenvalue weighted by Gasteiger charge is 2.13. The van der Waals surface area contributed by atoms with Gasteiger partial charge in [-0.05, 0) is 49.7 Å². The lowest BCUT2D eigenvalue weighted by molar-refractivity contribution is -0.118. The molecular weight excluding hydrogens is 412 g/mol. The first kappa shape index (κ1) is 19.4. The average Bonchev–Trinajstić information content (AvgIpc) is 3.48. The van der Waals surface area contributed by atoms with Gasteiger partial charge in [-0.15, -0.1) is 10.2 Å². The van der Waals surface area contributed by atoms with Crippen LogP contribution in [0.2, 0.25) is 0 Å². The molecule has 0 fully saturated rings. The molecule has 3 heterocycles. The molecule has 0 saturated carbocycles. The molecule has 0 aliphatic heterocycles. The van der Waals surface area contributed by atoms with Crippen LogP contribution in [0.1, 0.15) is 17.1 Å². The summed E-state index contributed by atoms with van der Waals surface area (Å²) in [5.41, 5.74) is 6.09. The van der Waals surface area contributed by atoms with Gasteiger partial charge in [-0.3, -0.25) is 4.79 Å². The topological polar surface area (TPSA) is 112 Å². The molecule has 0 saturated heterocycles. The number of thioether (sulfide) groups is 1. The number of aryl methyl sites for hydroxylation is 2. The molecule has 156 valence electrons. The van der Waals surface area contributed by atoms with Crippen molar-refractivity contribution in [2.45, 2.75) is 25.6 Å². The molecule has 0 aliphatic rings. The summed E-state index contributed by atoms with van der Waals surface area (Å²) in [7, 11) is 0. The van der Waals surface area contributed by atoms with Crippen molar-refractivity contribution in [2.24, 2.45) is 0 Å². The van der Waals surface area contributed by atoms with Gasteiger partial charge in [0.1, 0.15) is 5.82 Å². The van der Waals surface area contributed by atoms with Crippen molar-refractivity contribution in [1.82, 2.24) is 30.5 Å². The SMILES string of the molecule is Cc1[nH]c2ccc(-c3nnc(SCC(=O)NCc4nc5ccccc5[nH]4)o3)cc2c1C. The summed E-state index contributed by atoms with van der Waals surface area (Å²) in [5, 5.41) is 12.5. The smallest absolute Gasteiger partial charge is 0.277 e. The fourth-order valence-corrected chi connectivity index (χ4v) is 4.02. The summed E-state index contributed by atoms with van der Waals surface area (Å²) >= 11 is 1.21. The van der Waals surface area contributed by atoms with E-state index in [0.717, 1.165) is 33.2 Å². The highest BCUT2D eigenvalue weighted by molar-refractivity contribution is 7.99. The Morgan fingerprint density at radius 2 is 1.97 bits per heavy atom. The number of nitrogens with one attached hydrogen (secondary N) is 3. The van der Waals surface area contributed by atoms with Gasteiger partial charge in [-0.1, -0.05) is 23.9 Å². The second-order valence-electron chi connectivity index (χ2n) is 7.27. The number of carbonyl (C=O) groups excluding carboxylic acids is 1. The highest BCUT2D eigenvalue weighted by Crippen LogP contribution is 2.28. The van der Waals surface area contributed by atoms with Gasteiger partial charge in [0.15, 0.2) is 0 Å². The van der Waals surface area contributed by atoms with E-state index in [4.69, 9.17) is 4.42 Å². The van der Waals surface area contributed by atoms with E-state index in [9.17, 15) is 4.79 Å². The molecule has 1 amide bonds. The van der Waals surface area contributed by atoms with Crippen molar-refractivity contribution in [1.29, 1.82) is 0 Å². The maximum Gasteiger partial charge on any atom is 0.277 e. The van der Waals surface area contributed by atoms with E-state index in [0.29, 0.717) is 23.5 Å². The number of hydrogen-bond donors (Lipinski definition) is 3. The maximum atomic E-state index is 12.2. The summed E-state index contributed by atoms with van der Waals surface area (Å²) in [6, 6.07) is 13.7. The summed E-state index contributed by atoms with van der Waals surface area (Å²) in [5.74, 6) is 1.19. The molecule has 9 heteroatoms. The van der Waals surface area contributed by atoms with Crippen molar-refractivity contribution in [2.75, 3.05) is 5.75 Å². The van der Waals surface area contributed by atoms with E-state index < -0.39 is 0 Å². The minimum atomic E-state index is -0.134. The number of benzene rings is 2. The van der Waals surface area contributed by atoms with Crippen LogP contribution in [-0.4, -0.2) is 36.8 Å². The maximum absolute atomic E-state index is 12.2. The number of carbonyl (C=O) groups is 1. The fraction of sp³-hybridized carbons (Fsp3) is 0.182. The molecule has 2 aromatic carbocycles. The molecule has 3 N–H and O–H groups in total. The Morgan fingerprint density at radius 1 is 1.10 bits per heavy atom. The molecular formula is C22H20N6O2S. The van der Waals surface area contributed by atoms with Crippen molar-refractivity contribution in [3.63, 3.8) is 0 Å². The first-order valence-corrected chi connectivity index (χ1v) is 10.8. The van der Waals surface area contributed by atoms with Crippen LogP contribution in [-0.2, 0) is 11.3 Å². The fourth-order valence-electron chi connectivity index (χ4n) is 3.43. The molecule has 0 atom stereocenters. The van der Waals surface area contributed by atoms with Crippen LogP contribution in [0, 0.1) is 13.8 Å². The third kappa shape index (κ3) is 3.91. The predicted molar refractivity (Wildman–Crippen MR) is 120 cm³/mol. The van der Waals surface area contributed by atoms with Gasteiger partial charge in [0.05, 0.1) is 23.3 Å². The lowest BCUT2D eigenvalue weighted by atomic mass is 10.1. The van der Waals surface area contributed by atoms with Gasteiger partial charge in [0.25, 0.3) is 5.22 Å². The van der Waals surface area contributed by atoms with Crippen molar-refractivity contribution in [3.8, 4) is 11.5 Å². The zero-order chi connectivity index (χ0) is 21.4. The van der Waals surface area contributed by atoms with Crippen LogP contribution < -0.4 is 5.32 Å². The van der Waals surface area contributed by atoms with E-state index >= 15 is 0 Å². The summed E-state index contributed by atoms with van der Waals surface area (Å²) in [6.07, 6.45) is 0. The van der Waals surface area contributed by atoms with E-state index in [-0.39, 0.29) is 11.7 Å². The summed E-state index contributed by atoms with van der Waals surface area (Å²) in [6.45, 7) is 4.46. The number of aromatic amines is 2. The number of rotatable bonds is 6. The summed E-state index contributed by atoms with van der Waals surface area (Å²) in [4.78, 5) is 23.2. The van der Waals surface area contributed by atoms with Crippen LogP contribution >= 0.6 is 11.8 Å². The normalized spacial score (nSPS) is 11.4. The number of amides is 1. The van der Waals surface area contributed by atoms with E-state index in [1.165, 1.54) is 17.3 Å². The standard InChI is InChI=1S/C22H20N6O2S/c1-12-13(2)24-16-8-7-14(9-15(12)16)21-27-28-22(30-21)31-11-20(29)23-10-19-25-17-5-3-4-6-18(17)26-19/h3-9,24H,10-11H2,1-2H3,(H,23,29)(H,25,26). The number of aromatic nitrogens is 5. The third-order valence-electron chi connectivity index (χ3n) is 5.18. The lowest BCUT2D eigenvalue weighted by Crippen LogP contribution is -2.25. The largest absolute Gasteiger partial charge is 0.411 e. The monoisotopic (exact) mass is 432 g/mol. The molecule has 0 spiro atoms. The zero-order valence-electron chi connectivity index (χ0n) is 17.0. The zero-order valence-corrected chi connectivity index (χ0v) is 17.8. The molecule has 5 aromatic rings. The number of H-pyrrole nitrogens is 2. The number of imidazole rings is 1. The van der Waals surface area contributed by atoms with Crippen LogP contribution in [0.5, 0.6) is 0 Å². The van der Waals surface area contributed by atoms with Gasteiger partial charge in [0, 0.05) is 22.2 Å². The number of hydrogen-bond acceptors (Lipinski definition) is 6. The first-order chi connectivity index (χ1) is 15.1.